The van der Waals surface area contributed by atoms with Crippen molar-refractivity contribution in [3.63, 3.8) is 0 Å². The topological polar surface area (TPSA) is 92.9 Å². The number of carbonyl (C=O) groups excluding carboxylic acids is 1. The summed E-state index contributed by atoms with van der Waals surface area (Å²) in [5, 5.41) is 8.29. The molecule has 5 rings (SSSR count). The molecule has 2 N–H and O–H groups in total. The second-order valence-electron chi connectivity index (χ2n) is 7.64. The lowest BCUT2D eigenvalue weighted by Gasteiger charge is -2.12. The summed E-state index contributed by atoms with van der Waals surface area (Å²) >= 11 is 0. The molecule has 7 heteroatoms. The van der Waals surface area contributed by atoms with Crippen LogP contribution < -0.4 is 10.6 Å². The number of fused-ring (bicyclic) bond motifs is 1. The van der Waals surface area contributed by atoms with E-state index in [0.29, 0.717) is 18.0 Å². The number of rotatable bonds is 6. The zero-order valence-corrected chi connectivity index (χ0v) is 17.9. The smallest absolute Gasteiger partial charge is 0.221 e. The normalized spacial score (nSPS) is 10.8. The third kappa shape index (κ3) is 4.57. The molecule has 0 fully saturated rings. The van der Waals surface area contributed by atoms with Crippen LogP contribution in [-0.2, 0) is 11.2 Å². The SMILES string of the molecule is CC(=O)Nc1ccc(Cc2cncc(Nc3cccc(-c4cnco4)c3)n2)c2ccccc12. The maximum atomic E-state index is 11.6. The molecule has 0 bridgehead atoms. The fourth-order valence-electron chi connectivity index (χ4n) is 3.82. The number of carbonyl (C=O) groups is 1. The second kappa shape index (κ2) is 8.92. The largest absolute Gasteiger partial charge is 0.444 e. The summed E-state index contributed by atoms with van der Waals surface area (Å²) in [6.07, 6.45) is 7.18. The van der Waals surface area contributed by atoms with E-state index in [9.17, 15) is 4.79 Å². The van der Waals surface area contributed by atoms with Gasteiger partial charge in [-0.05, 0) is 29.1 Å². The first-order chi connectivity index (χ1) is 16.2. The van der Waals surface area contributed by atoms with Crippen molar-refractivity contribution in [3.8, 4) is 11.3 Å². The van der Waals surface area contributed by atoms with Gasteiger partial charge in [-0.2, -0.15) is 0 Å². The molecule has 162 valence electrons. The first kappa shape index (κ1) is 20.4. The lowest BCUT2D eigenvalue weighted by Crippen LogP contribution is -2.06. The Hall–Kier alpha value is -4.52. The monoisotopic (exact) mass is 435 g/mol. The molecule has 0 radical (unpaired) electrons. The molecule has 0 aliphatic heterocycles. The molecule has 0 saturated heterocycles. The standard InChI is InChI=1S/C26H21N5O2/c1-17(32)29-24-10-9-18(22-7-2-3-8-23(22)24)11-21-13-27-15-26(31-21)30-20-6-4-5-19(12-20)25-14-28-16-33-25/h2-10,12-16H,11H2,1H3,(H,29,32)(H,30,31). The summed E-state index contributed by atoms with van der Waals surface area (Å²) in [6.45, 7) is 1.51. The number of aromatic nitrogens is 3. The van der Waals surface area contributed by atoms with Gasteiger partial charge >= 0.3 is 0 Å². The number of hydrogen-bond donors (Lipinski definition) is 2. The quantitative estimate of drug-likeness (QED) is 0.362. The zero-order chi connectivity index (χ0) is 22.6. The number of anilines is 3. The summed E-state index contributed by atoms with van der Waals surface area (Å²) < 4.78 is 5.38. The van der Waals surface area contributed by atoms with Crippen molar-refractivity contribution in [2.75, 3.05) is 10.6 Å². The van der Waals surface area contributed by atoms with E-state index in [1.54, 1.807) is 18.6 Å². The van der Waals surface area contributed by atoms with Crippen LogP contribution in [0.5, 0.6) is 0 Å². The van der Waals surface area contributed by atoms with Crippen molar-refractivity contribution in [3.05, 3.63) is 96.9 Å². The summed E-state index contributed by atoms with van der Waals surface area (Å²) in [4.78, 5) is 24.7. The molecule has 2 heterocycles. The fraction of sp³-hybridized carbons (Fsp3) is 0.0769. The lowest BCUT2D eigenvalue weighted by atomic mass is 9.99. The van der Waals surface area contributed by atoms with Gasteiger partial charge in [0.25, 0.3) is 0 Å². The van der Waals surface area contributed by atoms with Crippen molar-refractivity contribution < 1.29 is 9.21 Å². The van der Waals surface area contributed by atoms with Gasteiger partial charge in [0.05, 0.1) is 18.1 Å². The molecule has 0 unspecified atom stereocenters. The van der Waals surface area contributed by atoms with Crippen molar-refractivity contribution in [1.29, 1.82) is 0 Å². The van der Waals surface area contributed by atoms with Crippen molar-refractivity contribution in [1.82, 2.24) is 15.0 Å². The summed E-state index contributed by atoms with van der Waals surface area (Å²) in [6, 6.07) is 19.8. The van der Waals surface area contributed by atoms with E-state index in [1.165, 1.54) is 13.3 Å². The summed E-state index contributed by atoms with van der Waals surface area (Å²) in [5.41, 5.74) is 4.55. The van der Waals surface area contributed by atoms with Crippen molar-refractivity contribution in [2.24, 2.45) is 0 Å². The number of nitrogens with one attached hydrogen (secondary N) is 2. The highest BCUT2D eigenvalue weighted by molar-refractivity contribution is 6.02. The van der Waals surface area contributed by atoms with Crippen LogP contribution in [0.4, 0.5) is 17.2 Å². The maximum Gasteiger partial charge on any atom is 0.221 e. The van der Waals surface area contributed by atoms with E-state index >= 15 is 0 Å². The number of benzene rings is 3. The molecule has 5 aromatic rings. The molecule has 0 aliphatic carbocycles. The Morgan fingerprint density at radius 2 is 1.82 bits per heavy atom. The van der Waals surface area contributed by atoms with E-state index in [-0.39, 0.29) is 5.91 Å². The molecule has 3 aromatic carbocycles. The third-order valence-corrected chi connectivity index (χ3v) is 5.23. The molecule has 1 amide bonds. The Morgan fingerprint density at radius 1 is 0.939 bits per heavy atom. The minimum Gasteiger partial charge on any atom is -0.444 e. The van der Waals surface area contributed by atoms with Gasteiger partial charge in [-0.3, -0.25) is 9.78 Å². The van der Waals surface area contributed by atoms with Gasteiger partial charge < -0.3 is 15.1 Å². The molecule has 0 atom stereocenters. The minimum absolute atomic E-state index is 0.0927. The summed E-state index contributed by atoms with van der Waals surface area (Å²) in [7, 11) is 0. The predicted molar refractivity (Wildman–Crippen MR) is 128 cm³/mol. The number of nitrogens with zero attached hydrogens (tertiary/aromatic N) is 3. The Bertz CT molecular complexity index is 1430. The molecule has 2 aromatic heterocycles. The van der Waals surface area contributed by atoms with Gasteiger partial charge in [0.2, 0.25) is 5.91 Å². The summed E-state index contributed by atoms with van der Waals surface area (Å²) in [5.74, 6) is 1.26. The predicted octanol–water partition coefficient (Wildman–Crippen LogP) is 5.58. The molecule has 0 aliphatic rings. The first-order valence-corrected chi connectivity index (χ1v) is 10.5. The van der Waals surface area contributed by atoms with Crippen LogP contribution in [-0.4, -0.2) is 20.9 Å². The average molecular weight is 435 g/mol. The van der Waals surface area contributed by atoms with E-state index < -0.39 is 0 Å². The van der Waals surface area contributed by atoms with Gasteiger partial charge in [0.1, 0.15) is 5.82 Å². The fourth-order valence-corrected chi connectivity index (χ4v) is 3.82. The van der Waals surface area contributed by atoms with Crippen LogP contribution in [0.15, 0.2) is 90.1 Å². The van der Waals surface area contributed by atoms with Crippen LogP contribution in [0.1, 0.15) is 18.2 Å². The first-order valence-electron chi connectivity index (χ1n) is 10.5. The van der Waals surface area contributed by atoms with Gasteiger partial charge in [-0.15, -0.1) is 0 Å². The molecule has 7 nitrogen and oxygen atoms in total. The van der Waals surface area contributed by atoms with Crippen LogP contribution in [0.3, 0.4) is 0 Å². The van der Waals surface area contributed by atoms with Crippen molar-refractivity contribution >= 4 is 33.9 Å². The number of hydrogen-bond acceptors (Lipinski definition) is 6. The molecule has 0 saturated carbocycles. The number of oxazole rings is 1. The van der Waals surface area contributed by atoms with Gasteiger partial charge in [-0.1, -0.05) is 42.5 Å². The molecule has 0 spiro atoms. The molecular weight excluding hydrogens is 414 g/mol. The highest BCUT2D eigenvalue weighted by Gasteiger charge is 2.10. The van der Waals surface area contributed by atoms with Crippen LogP contribution in [0.25, 0.3) is 22.1 Å². The highest BCUT2D eigenvalue weighted by atomic mass is 16.3. The number of amides is 1. The van der Waals surface area contributed by atoms with Gasteiger partial charge in [0, 0.05) is 41.9 Å². The Labute approximate surface area is 190 Å². The van der Waals surface area contributed by atoms with Crippen LogP contribution >= 0.6 is 0 Å². The lowest BCUT2D eigenvalue weighted by molar-refractivity contribution is -0.114. The molecule has 33 heavy (non-hydrogen) atoms. The minimum atomic E-state index is -0.0927. The van der Waals surface area contributed by atoms with Crippen molar-refractivity contribution in [2.45, 2.75) is 13.3 Å². The second-order valence-corrected chi connectivity index (χ2v) is 7.64. The van der Waals surface area contributed by atoms with E-state index in [0.717, 1.165) is 39.0 Å². The maximum absolute atomic E-state index is 11.6. The van der Waals surface area contributed by atoms with Crippen LogP contribution in [0, 0.1) is 0 Å². The highest BCUT2D eigenvalue weighted by Crippen LogP contribution is 2.28. The van der Waals surface area contributed by atoms with E-state index in [2.05, 4.69) is 26.7 Å². The third-order valence-electron chi connectivity index (χ3n) is 5.23. The zero-order valence-electron chi connectivity index (χ0n) is 17.9. The Morgan fingerprint density at radius 3 is 2.64 bits per heavy atom. The van der Waals surface area contributed by atoms with Gasteiger partial charge in [0.15, 0.2) is 12.2 Å². The van der Waals surface area contributed by atoms with Crippen LogP contribution in [0.2, 0.25) is 0 Å². The van der Waals surface area contributed by atoms with Gasteiger partial charge in [-0.25, -0.2) is 9.97 Å². The van der Waals surface area contributed by atoms with E-state index in [4.69, 9.17) is 9.40 Å². The Balaban J connectivity index is 1.40. The average Bonchev–Trinajstić information content (AvgIpc) is 3.36. The molecular formula is C26H21N5O2. The van der Waals surface area contributed by atoms with E-state index in [1.807, 2.05) is 54.6 Å². The Kier molecular flexibility index (Phi) is 5.51.